The second-order valence-electron chi connectivity index (χ2n) is 10.3. The number of sulfonamides is 1. The molecule has 0 radical (unpaired) electrons. The van der Waals surface area contributed by atoms with E-state index in [0.717, 1.165) is 19.3 Å². The normalized spacial score (nSPS) is 26.8. The van der Waals surface area contributed by atoms with E-state index in [1.807, 2.05) is 0 Å². The standard InChI is InChI=1S/C26H27N5O4S/c32-24(26-13-17-10-18(14-26)12-19(11-17)15-26)30-29-16-21-4-7-23(35-21)20-2-5-22(6-3-20)36(33,34)31-25-27-8-1-9-28-25/h1-9,16-19H,10-15H2,(H,30,32)(H,27,28,31)/b29-16-. The number of nitrogens with one attached hydrogen (secondary N) is 2. The Kier molecular flexibility index (Phi) is 5.63. The van der Waals surface area contributed by atoms with E-state index in [9.17, 15) is 13.2 Å². The molecule has 4 fully saturated rings. The minimum absolute atomic E-state index is 0.00632. The van der Waals surface area contributed by atoms with E-state index in [1.54, 1.807) is 30.3 Å². The highest BCUT2D eigenvalue weighted by Crippen LogP contribution is 2.60. The molecule has 4 bridgehead atoms. The van der Waals surface area contributed by atoms with E-state index >= 15 is 0 Å². The van der Waals surface area contributed by atoms with Gasteiger partial charge in [0.25, 0.3) is 10.0 Å². The van der Waals surface area contributed by atoms with Crippen molar-refractivity contribution in [3.05, 3.63) is 60.6 Å². The molecule has 186 valence electrons. The maximum atomic E-state index is 13.0. The zero-order valence-electron chi connectivity index (χ0n) is 19.6. The molecule has 3 aromatic rings. The molecular weight excluding hydrogens is 478 g/mol. The lowest BCUT2D eigenvalue weighted by atomic mass is 9.49. The first kappa shape index (κ1) is 22.9. The van der Waals surface area contributed by atoms with E-state index in [4.69, 9.17) is 4.42 Å². The van der Waals surface area contributed by atoms with E-state index in [2.05, 4.69) is 25.2 Å². The smallest absolute Gasteiger partial charge is 0.264 e. The third-order valence-electron chi connectivity index (χ3n) is 7.75. The number of amides is 1. The van der Waals surface area contributed by atoms with E-state index in [0.29, 0.717) is 34.8 Å². The van der Waals surface area contributed by atoms with Crippen molar-refractivity contribution in [1.29, 1.82) is 0 Å². The number of nitrogens with zero attached hydrogens (tertiary/aromatic N) is 3. The Morgan fingerprint density at radius 1 is 0.972 bits per heavy atom. The monoisotopic (exact) mass is 505 g/mol. The minimum atomic E-state index is -3.81. The molecule has 4 saturated carbocycles. The van der Waals surface area contributed by atoms with Crippen LogP contribution in [0.2, 0.25) is 0 Å². The lowest BCUT2D eigenvalue weighted by molar-refractivity contribution is -0.146. The number of rotatable bonds is 7. The second-order valence-corrected chi connectivity index (χ2v) is 12.0. The summed E-state index contributed by atoms with van der Waals surface area (Å²) in [6, 6.07) is 11.4. The third kappa shape index (κ3) is 4.41. The van der Waals surface area contributed by atoms with Crippen molar-refractivity contribution in [2.24, 2.45) is 28.3 Å². The van der Waals surface area contributed by atoms with Gasteiger partial charge in [-0.15, -0.1) is 0 Å². The van der Waals surface area contributed by atoms with Crippen molar-refractivity contribution in [3.63, 3.8) is 0 Å². The minimum Gasteiger partial charge on any atom is -0.455 e. The fourth-order valence-corrected chi connectivity index (χ4v) is 7.53. The van der Waals surface area contributed by atoms with Crippen molar-refractivity contribution in [3.8, 4) is 11.3 Å². The Morgan fingerprint density at radius 2 is 1.61 bits per heavy atom. The van der Waals surface area contributed by atoms with E-state index in [-0.39, 0.29) is 22.2 Å². The molecule has 2 N–H and O–H groups in total. The molecule has 36 heavy (non-hydrogen) atoms. The van der Waals surface area contributed by atoms with Crippen LogP contribution in [-0.2, 0) is 14.8 Å². The molecule has 4 aliphatic rings. The van der Waals surface area contributed by atoms with Crippen LogP contribution in [0.25, 0.3) is 11.3 Å². The third-order valence-corrected chi connectivity index (χ3v) is 9.09. The highest BCUT2D eigenvalue weighted by atomic mass is 32.2. The van der Waals surface area contributed by atoms with Crippen molar-refractivity contribution >= 4 is 28.1 Å². The maximum Gasteiger partial charge on any atom is 0.264 e. The summed E-state index contributed by atoms with van der Waals surface area (Å²) in [6.45, 7) is 0. The van der Waals surface area contributed by atoms with Gasteiger partial charge in [-0.2, -0.15) is 5.10 Å². The van der Waals surface area contributed by atoms with Crippen molar-refractivity contribution < 1.29 is 17.6 Å². The summed E-state index contributed by atoms with van der Waals surface area (Å²) >= 11 is 0. The zero-order valence-corrected chi connectivity index (χ0v) is 20.4. The molecule has 10 heteroatoms. The SMILES string of the molecule is O=C(N/N=C\c1ccc(-c2ccc(S(=O)(=O)Nc3ncccn3)cc2)o1)C12CC3CC(CC(C3)C1)C2. The zero-order chi connectivity index (χ0) is 24.8. The van der Waals surface area contributed by atoms with Gasteiger partial charge in [0.15, 0.2) is 0 Å². The number of hydrogen-bond acceptors (Lipinski definition) is 7. The van der Waals surface area contributed by atoms with Crippen LogP contribution in [0.3, 0.4) is 0 Å². The average Bonchev–Trinajstić information content (AvgIpc) is 3.32. The second kappa shape index (κ2) is 8.85. The summed E-state index contributed by atoms with van der Waals surface area (Å²) in [7, 11) is -3.81. The molecule has 9 nitrogen and oxygen atoms in total. The van der Waals surface area contributed by atoms with Crippen molar-refractivity contribution in [1.82, 2.24) is 15.4 Å². The summed E-state index contributed by atoms with van der Waals surface area (Å²) in [4.78, 5) is 20.9. The van der Waals surface area contributed by atoms with Crippen LogP contribution in [0.4, 0.5) is 5.95 Å². The van der Waals surface area contributed by atoms with Crippen LogP contribution in [-0.4, -0.2) is 30.5 Å². The summed E-state index contributed by atoms with van der Waals surface area (Å²) in [5.41, 5.74) is 3.23. The topological polar surface area (TPSA) is 127 Å². The Balaban J connectivity index is 1.09. The Morgan fingerprint density at radius 3 is 2.25 bits per heavy atom. The van der Waals surface area contributed by atoms with E-state index in [1.165, 1.54) is 50.0 Å². The molecule has 0 aliphatic heterocycles. The molecule has 1 amide bonds. The van der Waals surface area contributed by atoms with Crippen LogP contribution in [0.15, 0.2) is 69.3 Å². The van der Waals surface area contributed by atoms with Gasteiger partial charge in [-0.05, 0) is 98.7 Å². The Hall–Kier alpha value is -3.53. The predicted octanol–water partition coefficient (Wildman–Crippen LogP) is 4.20. The molecule has 4 aliphatic carbocycles. The number of carbonyl (C=O) groups excluding carboxylic acids is 1. The first-order chi connectivity index (χ1) is 17.4. The van der Waals surface area contributed by atoms with Gasteiger partial charge in [0, 0.05) is 18.0 Å². The van der Waals surface area contributed by atoms with Crippen LogP contribution >= 0.6 is 0 Å². The van der Waals surface area contributed by atoms with Gasteiger partial charge in [-0.25, -0.2) is 28.5 Å². The summed E-state index contributed by atoms with van der Waals surface area (Å²) < 4.78 is 33.3. The molecular formula is C26H27N5O4S. The summed E-state index contributed by atoms with van der Waals surface area (Å²) in [5.74, 6) is 3.19. The highest BCUT2D eigenvalue weighted by molar-refractivity contribution is 7.92. The number of furan rings is 1. The number of hydrazone groups is 1. The maximum absolute atomic E-state index is 13.0. The van der Waals surface area contributed by atoms with E-state index < -0.39 is 10.0 Å². The van der Waals surface area contributed by atoms with Gasteiger partial charge in [0.1, 0.15) is 11.5 Å². The predicted molar refractivity (Wildman–Crippen MR) is 133 cm³/mol. The van der Waals surface area contributed by atoms with Crippen LogP contribution in [0.1, 0.15) is 44.3 Å². The largest absolute Gasteiger partial charge is 0.455 e. The fourth-order valence-electron chi connectivity index (χ4n) is 6.57. The molecule has 0 atom stereocenters. The van der Waals surface area contributed by atoms with Crippen LogP contribution in [0, 0.1) is 23.2 Å². The van der Waals surface area contributed by atoms with Gasteiger partial charge in [-0.1, -0.05) is 0 Å². The van der Waals surface area contributed by atoms with Gasteiger partial charge < -0.3 is 4.42 Å². The number of aromatic nitrogens is 2. The lowest BCUT2D eigenvalue weighted by Gasteiger charge is -2.55. The number of anilines is 1. The molecule has 0 saturated heterocycles. The van der Waals surface area contributed by atoms with Crippen molar-refractivity contribution in [2.45, 2.75) is 43.4 Å². The Bertz CT molecular complexity index is 1360. The quantitative estimate of drug-likeness (QED) is 0.366. The van der Waals surface area contributed by atoms with Gasteiger partial charge in [0.05, 0.1) is 16.5 Å². The number of benzene rings is 1. The number of carbonyl (C=O) groups is 1. The first-order valence-corrected chi connectivity index (χ1v) is 13.7. The van der Waals surface area contributed by atoms with Crippen LogP contribution < -0.4 is 10.1 Å². The fraction of sp³-hybridized carbons (Fsp3) is 0.385. The highest BCUT2D eigenvalue weighted by Gasteiger charge is 2.54. The average molecular weight is 506 g/mol. The molecule has 0 unspecified atom stereocenters. The summed E-state index contributed by atoms with van der Waals surface area (Å²) in [6.07, 6.45) is 11.3. The summed E-state index contributed by atoms with van der Waals surface area (Å²) in [5, 5.41) is 4.17. The number of hydrogen-bond donors (Lipinski definition) is 2. The molecule has 0 spiro atoms. The molecule has 7 rings (SSSR count). The van der Waals surface area contributed by atoms with Gasteiger partial charge >= 0.3 is 0 Å². The molecule has 1 aromatic carbocycles. The Labute approximate surface area is 209 Å². The lowest BCUT2D eigenvalue weighted by Crippen LogP contribution is -2.52. The van der Waals surface area contributed by atoms with Crippen LogP contribution in [0.5, 0.6) is 0 Å². The van der Waals surface area contributed by atoms with Gasteiger partial charge in [0.2, 0.25) is 11.9 Å². The molecule has 2 heterocycles. The molecule has 2 aromatic heterocycles. The van der Waals surface area contributed by atoms with Gasteiger partial charge in [-0.3, -0.25) is 4.79 Å². The first-order valence-electron chi connectivity index (χ1n) is 12.2. The van der Waals surface area contributed by atoms with Crippen molar-refractivity contribution in [2.75, 3.05) is 4.72 Å².